The lowest BCUT2D eigenvalue weighted by molar-refractivity contribution is -0.385. The summed E-state index contributed by atoms with van der Waals surface area (Å²) in [5.41, 5.74) is 0.166. The molecule has 0 saturated heterocycles. The number of anilines is 1. The summed E-state index contributed by atoms with van der Waals surface area (Å²) in [6.07, 6.45) is 0. The Hall–Kier alpha value is -1.63. The van der Waals surface area contributed by atoms with Crippen LogP contribution in [-0.4, -0.2) is 20.3 Å². The van der Waals surface area contributed by atoms with Gasteiger partial charge >= 0.3 is 5.69 Å². The van der Waals surface area contributed by atoms with Crippen molar-refractivity contribution in [3.63, 3.8) is 0 Å². The number of amides is 1. The van der Waals surface area contributed by atoms with Gasteiger partial charge in [-0.15, -0.1) is 0 Å². The summed E-state index contributed by atoms with van der Waals surface area (Å²) in [5, 5.41) is 22.9. The maximum absolute atomic E-state index is 11.7. The van der Waals surface area contributed by atoms with Crippen LogP contribution in [0, 0.1) is 17.0 Å². The van der Waals surface area contributed by atoms with Gasteiger partial charge in [-0.05, 0) is 32.4 Å². The summed E-state index contributed by atoms with van der Waals surface area (Å²) in [4.78, 5) is 21.8. The van der Waals surface area contributed by atoms with Crippen molar-refractivity contribution >= 4 is 33.2 Å². The first-order chi connectivity index (χ1) is 8.12. The van der Waals surface area contributed by atoms with E-state index in [-0.39, 0.29) is 5.69 Å². The lowest BCUT2D eigenvalue weighted by Crippen LogP contribution is -2.31. The van der Waals surface area contributed by atoms with E-state index in [2.05, 4.69) is 21.2 Å². The molecule has 1 aromatic carbocycles. The van der Waals surface area contributed by atoms with Crippen LogP contribution in [0.3, 0.4) is 0 Å². The summed E-state index contributed by atoms with van der Waals surface area (Å²) >= 11 is 3.16. The van der Waals surface area contributed by atoms with E-state index >= 15 is 0 Å². The number of nitrogens with zero attached hydrogens (tertiary/aromatic N) is 1. The maximum atomic E-state index is 11.7. The van der Waals surface area contributed by atoms with Crippen LogP contribution in [0.2, 0.25) is 0 Å². The molecule has 0 aromatic heterocycles. The van der Waals surface area contributed by atoms with Crippen molar-refractivity contribution in [1.29, 1.82) is 0 Å². The first kappa shape index (κ1) is 14.4. The molecule has 7 heteroatoms. The fourth-order valence-electron chi connectivity index (χ4n) is 1.27. The minimum Gasteiger partial charge on any atom is -0.501 e. The van der Waals surface area contributed by atoms with Crippen LogP contribution in [-0.2, 0) is 4.79 Å². The minimum absolute atomic E-state index is 0.0271. The molecule has 0 aliphatic heterocycles. The van der Waals surface area contributed by atoms with Crippen LogP contribution in [0.4, 0.5) is 11.4 Å². The Balaban J connectivity index is 3.18. The Morgan fingerprint density at radius 2 is 2.06 bits per heavy atom. The van der Waals surface area contributed by atoms with Crippen LogP contribution in [0.1, 0.15) is 19.4 Å². The predicted molar refractivity (Wildman–Crippen MR) is 71.1 cm³/mol. The molecule has 6 nitrogen and oxygen atoms in total. The summed E-state index contributed by atoms with van der Waals surface area (Å²) in [6, 6.07) is 2.71. The third kappa shape index (κ3) is 3.19. The molecule has 0 aliphatic rings. The van der Waals surface area contributed by atoms with Gasteiger partial charge in [-0.2, -0.15) is 0 Å². The van der Waals surface area contributed by atoms with Crippen LogP contribution in [0.25, 0.3) is 0 Å². The summed E-state index contributed by atoms with van der Waals surface area (Å²) in [7, 11) is 0. The number of phenols is 1. The topological polar surface area (TPSA) is 92.5 Å². The van der Waals surface area contributed by atoms with Crippen LogP contribution >= 0.6 is 15.9 Å². The van der Waals surface area contributed by atoms with Gasteiger partial charge in [-0.3, -0.25) is 14.9 Å². The Labute approximate surface area is 112 Å². The molecule has 0 heterocycles. The van der Waals surface area contributed by atoms with Gasteiger partial charge in [0.1, 0.15) is 0 Å². The molecule has 98 valence electrons. The number of hydrogen-bond donors (Lipinski definition) is 2. The third-order valence-corrected chi connectivity index (χ3v) is 2.58. The lowest BCUT2D eigenvalue weighted by Gasteiger charge is -2.16. The molecule has 2 N–H and O–H groups in total. The zero-order valence-corrected chi connectivity index (χ0v) is 11.7. The van der Waals surface area contributed by atoms with Gasteiger partial charge in [0.15, 0.2) is 0 Å². The first-order valence-electron chi connectivity index (χ1n) is 5.11. The number of nitro benzene ring substituents is 1. The van der Waals surface area contributed by atoms with Gasteiger partial charge in [0, 0.05) is 6.07 Å². The number of nitro groups is 1. The van der Waals surface area contributed by atoms with Gasteiger partial charge in [0.2, 0.25) is 11.7 Å². The molecule has 1 rings (SSSR count). The van der Waals surface area contributed by atoms with Crippen molar-refractivity contribution in [3.05, 3.63) is 27.8 Å². The van der Waals surface area contributed by atoms with E-state index < -0.39 is 26.6 Å². The van der Waals surface area contributed by atoms with Crippen LogP contribution in [0.5, 0.6) is 5.75 Å². The van der Waals surface area contributed by atoms with Crippen molar-refractivity contribution < 1.29 is 14.8 Å². The predicted octanol–water partition coefficient (Wildman–Crippen LogP) is 2.72. The van der Waals surface area contributed by atoms with E-state index in [1.807, 2.05) is 0 Å². The number of carbonyl (C=O) groups excluding carboxylic acids is 1. The number of alkyl halides is 1. The number of carbonyl (C=O) groups is 1. The minimum atomic E-state index is -0.835. The Kier molecular flexibility index (Phi) is 3.95. The van der Waals surface area contributed by atoms with Crippen molar-refractivity contribution in [2.75, 3.05) is 5.32 Å². The van der Waals surface area contributed by atoms with Crippen molar-refractivity contribution in [2.24, 2.45) is 0 Å². The Morgan fingerprint density at radius 3 is 2.50 bits per heavy atom. The molecule has 0 aliphatic carbocycles. The highest BCUT2D eigenvalue weighted by atomic mass is 79.9. The second-order valence-electron chi connectivity index (χ2n) is 4.36. The summed E-state index contributed by atoms with van der Waals surface area (Å²) in [5.74, 6) is -0.951. The fourth-order valence-corrected chi connectivity index (χ4v) is 1.36. The average molecular weight is 317 g/mol. The number of nitrogens with one attached hydrogen (secondary N) is 1. The lowest BCUT2D eigenvalue weighted by atomic mass is 10.1. The number of phenolic OH excluding ortho intramolecular Hbond substituents is 1. The average Bonchev–Trinajstić information content (AvgIpc) is 2.21. The van der Waals surface area contributed by atoms with Crippen molar-refractivity contribution in [3.8, 4) is 5.75 Å². The molecule has 1 amide bonds. The van der Waals surface area contributed by atoms with Gasteiger partial charge in [-0.1, -0.05) is 15.9 Å². The van der Waals surface area contributed by atoms with Crippen LogP contribution in [0.15, 0.2) is 12.1 Å². The zero-order valence-electron chi connectivity index (χ0n) is 10.2. The molecule has 0 unspecified atom stereocenters. The number of aryl methyl sites for hydroxylation is 1. The first-order valence-corrected chi connectivity index (χ1v) is 5.90. The number of hydrogen-bond acceptors (Lipinski definition) is 4. The molecule has 0 atom stereocenters. The normalized spacial score (nSPS) is 11.1. The van der Waals surface area contributed by atoms with Gasteiger partial charge in [0.25, 0.3) is 0 Å². The number of halogens is 1. The van der Waals surface area contributed by atoms with Gasteiger partial charge < -0.3 is 10.4 Å². The SMILES string of the molecule is Cc1cc(NC(=O)C(C)(C)Br)c(O)c([N+](=O)[O-])c1. The smallest absolute Gasteiger partial charge is 0.313 e. The van der Waals surface area contributed by atoms with Crippen molar-refractivity contribution in [2.45, 2.75) is 25.1 Å². The van der Waals surface area contributed by atoms with Gasteiger partial charge in [-0.25, -0.2) is 0 Å². The summed E-state index contributed by atoms with van der Waals surface area (Å²) < 4.78 is -0.835. The molecular formula is C11H13BrN2O4. The number of aromatic hydroxyl groups is 1. The van der Waals surface area contributed by atoms with E-state index in [0.717, 1.165) is 0 Å². The number of benzene rings is 1. The Morgan fingerprint density at radius 1 is 1.50 bits per heavy atom. The van der Waals surface area contributed by atoms with E-state index in [4.69, 9.17) is 0 Å². The molecular weight excluding hydrogens is 304 g/mol. The van der Waals surface area contributed by atoms with E-state index in [9.17, 15) is 20.0 Å². The molecule has 18 heavy (non-hydrogen) atoms. The van der Waals surface area contributed by atoms with E-state index in [0.29, 0.717) is 5.56 Å². The molecule has 0 fully saturated rings. The molecule has 0 radical (unpaired) electrons. The highest BCUT2D eigenvalue weighted by molar-refractivity contribution is 9.10. The van der Waals surface area contributed by atoms with E-state index in [1.165, 1.54) is 12.1 Å². The quantitative estimate of drug-likeness (QED) is 0.388. The van der Waals surface area contributed by atoms with Crippen LogP contribution < -0.4 is 5.32 Å². The third-order valence-electron chi connectivity index (χ3n) is 2.22. The maximum Gasteiger partial charge on any atom is 0.313 e. The molecule has 0 saturated carbocycles. The highest BCUT2D eigenvalue weighted by Crippen LogP contribution is 2.35. The second kappa shape index (κ2) is 4.93. The number of rotatable bonds is 3. The molecule has 1 aromatic rings. The summed E-state index contributed by atoms with van der Waals surface area (Å²) in [6.45, 7) is 4.90. The molecule has 0 spiro atoms. The Bertz CT molecular complexity index is 509. The zero-order chi connectivity index (χ0) is 14.1. The standard InChI is InChI=1S/C11H13BrN2O4/c1-6-4-7(13-10(16)11(2,3)12)9(15)8(5-6)14(17)18/h4-5,15H,1-3H3,(H,13,16). The second-order valence-corrected chi connectivity index (χ2v) is 6.35. The highest BCUT2D eigenvalue weighted by Gasteiger charge is 2.26. The largest absolute Gasteiger partial charge is 0.501 e. The van der Waals surface area contributed by atoms with E-state index in [1.54, 1.807) is 20.8 Å². The monoisotopic (exact) mass is 316 g/mol. The molecule has 0 bridgehead atoms. The van der Waals surface area contributed by atoms with Gasteiger partial charge in [0.05, 0.1) is 14.9 Å². The fraction of sp³-hybridized carbons (Fsp3) is 0.364. The van der Waals surface area contributed by atoms with Crippen molar-refractivity contribution in [1.82, 2.24) is 0 Å².